The van der Waals surface area contributed by atoms with Gasteiger partial charge in [0.2, 0.25) is 0 Å². The SMILES string of the molecule is C.CCC[C@@H]1OC(=O)[C@H](C)[C@H](O[Si](C)(C)C(C)(C)C)[C@@H]1C.CCC[C@H]1OC(=O)[C@@H](C)[C@@H](O[Si](C)(C)C(C)(C)C)[C@@H]1C.CCC[C@H]1OC(=O)[C@@H](C)[C@@H](O[Si](C)(C)C(C)(C)C)[C@@H]1C. The highest BCUT2D eigenvalue weighted by atomic mass is 28.4. The van der Waals surface area contributed by atoms with Crippen LogP contribution in [0.2, 0.25) is 54.4 Å². The van der Waals surface area contributed by atoms with Gasteiger partial charge in [-0.15, -0.1) is 0 Å². The maximum atomic E-state index is 12.1. The molecule has 0 saturated carbocycles. The van der Waals surface area contributed by atoms with Crippen molar-refractivity contribution in [1.82, 2.24) is 0 Å². The zero-order valence-corrected chi connectivity index (χ0v) is 46.3. The molecular weight excluding hydrogens is 817 g/mol. The van der Waals surface area contributed by atoms with Gasteiger partial charge in [0.1, 0.15) is 18.3 Å². The van der Waals surface area contributed by atoms with Gasteiger partial charge in [0.25, 0.3) is 0 Å². The molecule has 61 heavy (non-hydrogen) atoms. The minimum Gasteiger partial charge on any atom is -0.462 e. The molecule has 12 heteroatoms. The first-order chi connectivity index (χ1) is 27.0. The molecule has 3 aliphatic heterocycles. The summed E-state index contributed by atoms with van der Waals surface area (Å²) in [5, 5.41) is 0.482. The van der Waals surface area contributed by atoms with Crippen LogP contribution in [0.25, 0.3) is 0 Å². The van der Waals surface area contributed by atoms with Gasteiger partial charge in [-0.25, -0.2) is 0 Å². The molecule has 0 bridgehead atoms. The molecule has 0 aromatic carbocycles. The zero-order chi connectivity index (χ0) is 47.1. The van der Waals surface area contributed by atoms with Gasteiger partial charge in [-0.3, -0.25) is 14.4 Å². The van der Waals surface area contributed by atoms with Crippen molar-refractivity contribution in [2.75, 3.05) is 0 Å². The fraction of sp³-hybridized carbons (Fsp3) is 0.939. The third kappa shape index (κ3) is 15.8. The van der Waals surface area contributed by atoms with Crippen molar-refractivity contribution in [3.8, 4) is 0 Å². The van der Waals surface area contributed by atoms with E-state index in [0.29, 0.717) is 0 Å². The Morgan fingerprint density at radius 1 is 0.426 bits per heavy atom. The van der Waals surface area contributed by atoms with Crippen molar-refractivity contribution in [3.63, 3.8) is 0 Å². The molecule has 362 valence electrons. The van der Waals surface area contributed by atoms with Crippen LogP contribution in [0.1, 0.15) is 171 Å². The maximum Gasteiger partial charge on any atom is 0.311 e. The molecular formula is C49H100O9Si3. The Morgan fingerprint density at radius 3 is 0.754 bits per heavy atom. The minimum absolute atomic E-state index is 0. The van der Waals surface area contributed by atoms with E-state index in [4.69, 9.17) is 27.5 Å². The third-order valence-electron chi connectivity index (χ3n) is 15.1. The molecule has 3 fully saturated rings. The lowest BCUT2D eigenvalue weighted by Crippen LogP contribution is -2.54. The predicted octanol–water partition coefficient (Wildman–Crippen LogP) is 13.8. The monoisotopic (exact) mass is 917 g/mol. The molecule has 0 spiro atoms. The van der Waals surface area contributed by atoms with Gasteiger partial charge < -0.3 is 27.5 Å². The Morgan fingerprint density at radius 2 is 0.607 bits per heavy atom. The summed E-state index contributed by atoms with van der Waals surface area (Å²) in [5.74, 6) is 0.0674. The second-order valence-electron chi connectivity index (χ2n) is 23.3. The quantitative estimate of drug-likeness (QED) is 0.107. The summed E-state index contributed by atoms with van der Waals surface area (Å²) in [5.41, 5.74) is 0. The van der Waals surface area contributed by atoms with Crippen LogP contribution in [0.4, 0.5) is 0 Å². The van der Waals surface area contributed by atoms with Gasteiger partial charge in [0, 0.05) is 17.8 Å². The highest BCUT2D eigenvalue weighted by molar-refractivity contribution is 6.75. The summed E-state index contributed by atoms with van der Waals surface area (Å²) >= 11 is 0. The Hall–Kier alpha value is -1.06. The van der Waals surface area contributed by atoms with E-state index in [1.165, 1.54) is 0 Å². The zero-order valence-electron chi connectivity index (χ0n) is 43.3. The number of carbonyl (C=O) groups excluding carboxylic acids is 3. The van der Waals surface area contributed by atoms with Crippen LogP contribution in [0.15, 0.2) is 0 Å². The van der Waals surface area contributed by atoms with Crippen LogP contribution < -0.4 is 0 Å². The van der Waals surface area contributed by atoms with Crippen LogP contribution >= 0.6 is 0 Å². The lowest BCUT2D eigenvalue weighted by atomic mass is 9.85. The van der Waals surface area contributed by atoms with E-state index in [2.05, 4.69) is 143 Å². The van der Waals surface area contributed by atoms with Crippen molar-refractivity contribution < 1.29 is 41.9 Å². The predicted molar refractivity (Wildman–Crippen MR) is 262 cm³/mol. The molecule has 0 aromatic rings. The Balaban J connectivity index is 0.000000878. The molecule has 0 amide bonds. The van der Waals surface area contributed by atoms with E-state index in [-0.39, 0.29) is 113 Å². The Labute approximate surface area is 380 Å². The van der Waals surface area contributed by atoms with E-state index in [1.807, 2.05) is 20.8 Å². The van der Waals surface area contributed by atoms with E-state index in [0.717, 1.165) is 38.5 Å². The number of carbonyl (C=O) groups is 3. The number of hydrogen-bond acceptors (Lipinski definition) is 9. The second kappa shape index (κ2) is 23.4. The van der Waals surface area contributed by atoms with Gasteiger partial charge in [0.05, 0.1) is 36.1 Å². The topological polar surface area (TPSA) is 107 Å². The number of ether oxygens (including phenoxy) is 3. The molecule has 0 aliphatic carbocycles. The Kier molecular flexibility index (Phi) is 23.0. The summed E-state index contributed by atoms with van der Waals surface area (Å²) in [7, 11) is -5.60. The highest BCUT2D eigenvalue weighted by Crippen LogP contribution is 2.44. The lowest BCUT2D eigenvalue weighted by Gasteiger charge is -2.46. The molecule has 9 nitrogen and oxygen atoms in total. The number of hydrogen-bond donors (Lipinski definition) is 0. The fourth-order valence-electron chi connectivity index (χ4n) is 7.49. The summed E-state index contributed by atoms with van der Waals surface area (Å²) in [6.45, 7) is 52.3. The van der Waals surface area contributed by atoms with Crippen LogP contribution in [-0.4, -0.2) is 79.5 Å². The van der Waals surface area contributed by atoms with Gasteiger partial charge in [-0.05, 0) is 94.4 Å². The smallest absolute Gasteiger partial charge is 0.311 e. The van der Waals surface area contributed by atoms with Crippen molar-refractivity contribution in [2.45, 2.75) is 262 Å². The van der Waals surface area contributed by atoms with Crippen molar-refractivity contribution in [2.24, 2.45) is 35.5 Å². The van der Waals surface area contributed by atoms with Crippen LogP contribution in [0, 0.1) is 35.5 Å². The van der Waals surface area contributed by atoms with Crippen LogP contribution in [0.5, 0.6) is 0 Å². The molecule has 3 heterocycles. The minimum atomic E-state index is -1.87. The number of cyclic esters (lactones) is 3. The Bertz CT molecular complexity index is 1200. The second-order valence-corrected chi connectivity index (χ2v) is 37.5. The van der Waals surface area contributed by atoms with E-state index >= 15 is 0 Å². The molecule has 12 atom stereocenters. The fourth-order valence-corrected chi connectivity index (χ4v) is 11.9. The molecule has 0 radical (unpaired) electrons. The maximum absolute atomic E-state index is 12.1. The average molecular weight is 918 g/mol. The first-order valence-corrected chi connectivity index (χ1v) is 32.4. The van der Waals surface area contributed by atoms with Gasteiger partial charge in [-0.1, -0.05) is 131 Å². The van der Waals surface area contributed by atoms with Gasteiger partial charge in [-0.2, -0.15) is 0 Å². The molecule has 0 aromatic heterocycles. The number of esters is 3. The van der Waals surface area contributed by atoms with Crippen molar-refractivity contribution >= 4 is 42.9 Å². The lowest BCUT2D eigenvalue weighted by molar-refractivity contribution is -0.177. The molecule has 3 rings (SSSR count). The summed E-state index contributed by atoms with van der Waals surface area (Å²) < 4.78 is 36.4. The molecule has 0 N–H and O–H groups in total. The molecule has 0 unspecified atom stereocenters. The van der Waals surface area contributed by atoms with E-state index in [1.54, 1.807) is 0 Å². The molecule has 3 aliphatic rings. The van der Waals surface area contributed by atoms with Gasteiger partial charge in [0.15, 0.2) is 25.0 Å². The largest absolute Gasteiger partial charge is 0.462 e. The van der Waals surface area contributed by atoms with Gasteiger partial charge >= 0.3 is 17.9 Å². The van der Waals surface area contributed by atoms with Crippen LogP contribution in [-0.2, 0) is 41.9 Å². The first kappa shape index (κ1) is 59.9. The molecule has 3 saturated heterocycles. The third-order valence-corrected chi connectivity index (χ3v) is 28.6. The van der Waals surface area contributed by atoms with Crippen LogP contribution in [0.3, 0.4) is 0 Å². The van der Waals surface area contributed by atoms with Crippen molar-refractivity contribution in [1.29, 1.82) is 0 Å². The number of rotatable bonds is 12. The normalized spacial score (nSPS) is 31.6. The summed E-state index contributed by atoms with van der Waals surface area (Å²) in [6.07, 6.45) is 5.90. The highest BCUT2D eigenvalue weighted by Gasteiger charge is 2.50. The van der Waals surface area contributed by atoms with E-state index < -0.39 is 25.0 Å². The summed E-state index contributed by atoms with van der Waals surface area (Å²) in [4.78, 5) is 36.3. The van der Waals surface area contributed by atoms with E-state index in [9.17, 15) is 14.4 Å². The standard InChI is InChI=1S/3C16H32O3Si.CH4/c3*1-9-10-13-11(2)14(12(3)15(17)18-13)19-20(7,8)16(4,5)6;/h3*11-14H,9-10H2,1-8H3;1H4/t2*11-,12+,13-,14+;11-,12-,13+,14-;/m111./s1. The average Bonchev–Trinajstić information content (AvgIpc) is 3.10. The summed E-state index contributed by atoms with van der Waals surface area (Å²) in [6, 6.07) is 0. The first-order valence-electron chi connectivity index (χ1n) is 23.7. The van der Waals surface area contributed by atoms with Crippen molar-refractivity contribution in [3.05, 3.63) is 0 Å².